The number of halogens is 1. The highest BCUT2D eigenvalue weighted by Gasteiger charge is 2.41. The van der Waals surface area contributed by atoms with E-state index < -0.39 is 0 Å². The molecule has 2 fully saturated rings. The van der Waals surface area contributed by atoms with Crippen LogP contribution in [0.5, 0.6) is 0 Å². The van der Waals surface area contributed by atoms with Gasteiger partial charge in [0.25, 0.3) is 0 Å². The SMILES string of the molecule is CC1c2cc(F)ccc2CCN1C(=O)CC1CC2CCC1C2. The maximum atomic E-state index is 13.5. The van der Waals surface area contributed by atoms with Gasteiger partial charge in [-0.15, -0.1) is 0 Å². The minimum absolute atomic E-state index is 0.00513. The van der Waals surface area contributed by atoms with Crippen LogP contribution in [0.25, 0.3) is 0 Å². The van der Waals surface area contributed by atoms with E-state index in [1.165, 1.54) is 37.3 Å². The monoisotopic (exact) mass is 301 g/mol. The molecule has 2 nitrogen and oxygen atoms in total. The number of carbonyl (C=O) groups is 1. The molecule has 4 unspecified atom stereocenters. The normalized spacial score (nSPS) is 33.1. The Kier molecular flexibility index (Phi) is 3.47. The van der Waals surface area contributed by atoms with Gasteiger partial charge >= 0.3 is 0 Å². The van der Waals surface area contributed by atoms with E-state index >= 15 is 0 Å². The molecule has 0 spiro atoms. The van der Waals surface area contributed by atoms with Crippen LogP contribution in [0, 0.1) is 23.6 Å². The summed E-state index contributed by atoms with van der Waals surface area (Å²) in [4.78, 5) is 14.7. The fourth-order valence-electron chi connectivity index (χ4n) is 5.09. The van der Waals surface area contributed by atoms with Gasteiger partial charge in [0.15, 0.2) is 0 Å². The zero-order chi connectivity index (χ0) is 15.3. The quantitative estimate of drug-likeness (QED) is 0.805. The van der Waals surface area contributed by atoms with Crippen LogP contribution in [0.1, 0.15) is 56.2 Å². The summed E-state index contributed by atoms with van der Waals surface area (Å²) in [6.07, 6.45) is 6.86. The molecule has 0 aromatic heterocycles. The van der Waals surface area contributed by atoms with Crippen molar-refractivity contribution in [1.29, 1.82) is 0 Å². The Morgan fingerprint density at radius 2 is 2.18 bits per heavy atom. The number of hydrogen-bond acceptors (Lipinski definition) is 1. The zero-order valence-electron chi connectivity index (χ0n) is 13.2. The number of hydrogen-bond donors (Lipinski definition) is 0. The van der Waals surface area contributed by atoms with Crippen molar-refractivity contribution in [2.24, 2.45) is 17.8 Å². The molecule has 1 aliphatic heterocycles. The van der Waals surface area contributed by atoms with Crippen molar-refractivity contribution in [2.75, 3.05) is 6.54 Å². The summed E-state index contributed by atoms with van der Waals surface area (Å²) in [6.45, 7) is 2.82. The van der Waals surface area contributed by atoms with E-state index in [1.54, 1.807) is 6.07 Å². The molecule has 118 valence electrons. The standard InChI is InChI=1S/C19H24FNO/c1-12-18-11-17(20)5-4-14(18)6-7-21(12)19(22)10-16-9-13-2-3-15(16)8-13/h4-5,11-13,15-16H,2-3,6-10H2,1H3. The van der Waals surface area contributed by atoms with Crippen LogP contribution < -0.4 is 0 Å². The van der Waals surface area contributed by atoms with E-state index in [4.69, 9.17) is 0 Å². The summed E-state index contributed by atoms with van der Waals surface area (Å²) >= 11 is 0. The van der Waals surface area contributed by atoms with Crippen LogP contribution in [-0.2, 0) is 11.2 Å². The largest absolute Gasteiger partial charge is 0.336 e. The number of nitrogens with zero attached hydrogens (tertiary/aromatic N) is 1. The molecule has 1 aromatic rings. The van der Waals surface area contributed by atoms with Crippen molar-refractivity contribution in [2.45, 2.75) is 51.5 Å². The van der Waals surface area contributed by atoms with E-state index in [0.29, 0.717) is 12.3 Å². The molecular weight excluding hydrogens is 277 g/mol. The third-order valence-corrected chi connectivity index (χ3v) is 6.29. The van der Waals surface area contributed by atoms with Crippen molar-refractivity contribution in [3.8, 4) is 0 Å². The Labute approximate surface area is 131 Å². The van der Waals surface area contributed by atoms with Crippen molar-refractivity contribution in [3.63, 3.8) is 0 Å². The minimum atomic E-state index is -0.201. The lowest BCUT2D eigenvalue weighted by atomic mass is 9.85. The predicted molar refractivity (Wildman–Crippen MR) is 83.8 cm³/mol. The highest BCUT2D eigenvalue weighted by atomic mass is 19.1. The molecule has 4 atom stereocenters. The number of amides is 1. The van der Waals surface area contributed by atoms with E-state index in [0.717, 1.165) is 30.4 Å². The van der Waals surface area contributed by atoms with Crippen molar-refractivity contribution in [3.05, 3.63) is 35.1 Å². The zero-order valence-corrected chi connectivity index (χ0v) is 13.2. The van der Waals surface area contributed by atoms with Gasteiger partial charge in [-0.3, -0.25) is 4.79 Å². The maximum absolute atomic E-state index is 13.5. The third kappa shape index (κ3) is 2.35. The number of benzene rings is 1. The molecule has 3 aliphatic rings. The smallest absolute Gasteiger partial charge is 0.223 e. The van der Waals surface area contributed by atoms with Gasteiger partial charge in [-0.25, -0.2) is 4.39 Å². The van der Waals surface area contributed by atoms with Crippen LogP contribution in [0.2, 0.25) is 0 Å². The lowest BCUT2D eigenvalue weighted by Crippen LogP contribution is -2.40. The van der Waals surface area contributed by atoms with Crippen LogP contribution in [0.15, 0.2) is 18.2 Å². The van der Waals surface area contributed by atoms with Crippen LogP contribution in [-0.4, -0.2) is 17.4 Å². The third-order valence-electron chi connectivity index (χ3n) is 6.29. The van der Waals surface area contributed by atoms with Crippen LogP contribution in [0.3, 0.4) is 0 Å². The van der Waals surface area contributed by atoms with Crippen LogP contribution in [0.4, 0.5) is 4.39 Å². The van der Waals surface area contributed by atoms with Crippen molar-refractivity contribution >= 4 is 5.91 Å². The molecule has 0 saturated heterocycles. The molecule has 0 N–H and O–H groups in total. The molecule has 1 heterocycles. The summed E-state index contributed by atoms with van der Waals surface area (Å²) in [5.41, 5.74) is 2.19. The van der Waals surface area contributed by atoms with Gasteiger partial charge in [-0.05, 0) is 73.6 Å². The average Bonchev–Trinajstić information content (AvgIpc) is 3.10. The lowest BCUT2D eigenvalue weighted by Gasteiger charge is -2.36. The fraction of sp³-hybridized carbons (Fsp3) is 0.632. The first-order chi connectivity index (χ1) is 10.6. The van der Waals surface area contributed by atoms with Gasteiger partial charge < -0.3 is 4.90 Å². The van der Waals surface area contributed by atoms with Gasteiger partial charge in [0, 0.05) is 13.0 Å². The summed E-state index contributed by atoms with van der Waals surface area (Å²) in [5.74, 6) is 2.36. The molecule has 2 aliphatic carbocycles. The Morgan fingerprint density at radius 3 is 2.91 bits per heavy atom. The number of carbonyl (C=O) groups excluding carboxylic acids is 1. The minimum Gasteiger partial charge on any atom is -0.336 e. The lowest BCUT2D eigenvalue weighted by molar-refractivity contribution is -0.135. The molecule has 4 rings (SSSR count). The van der Waals surface area contributed by atoms with Gasteiger partial charge in [-0.2, -0.15) is 0 Å². The molecule has 1 amide bonds. The summed E-state index contributed by atoms with van der Waals surface area (Å²) in [7, 11) is 0. The fourth-order valence-corrected chi connectivity index (χ4v) is 5.09. The van der Waals surface area contributed by atoms with E-state index in [9.17, 15) is 9.18 Å². The number of rotatable bonds is 2. The van der Waals surface area contributed by atoms with Gasteiger partial charge in [-0.1, -0.05) is 12.5 Å². The second kappa shape index (κ2) is 5.36. The molecule has 1 aromatic carbocycles. The van der Waals surface area contributed by atoms with Crippen molar-refractivity contribution in [1.82, 2.24) is 4.90 Å². The molecule has 3 heteroatoms. The van der Waals surface area contributed by atoms with E-state index in [2.05, 4.69) is 0 Å². The van der Waals surface area contributed by atoms with Crippen molar-refractivity contribution < 1.29 is 9.18 Å². The Balaban J connectivity index is 1.47. The van der Waals surface area contributed by atoms with E-state index in [-0.39, 0.29) is 17.8 Å². The first kappa shape index (κ1) is 14.2. The summed E-state index contributed by atoms with van der Waals surface area (Å²) < 4.78 is 13.5. The first-order valence-corrected chi connectivity index (χ1v) is 8.69. The van der Waals surface area contributed by atoms with Gasteiger partial charge in [0.05, 0.1) is 6.04 Å². The first-order valence-electron chi connectivity index (χ1n) is 8.69. The highest BCUT2D eigenvalue weighted by molar-refractivity contribution is 5.77. The Hall–Kier alpha value is -1.38. The highest BCUT2D eigenvalue weighted by Crippen LogP contribution is 2.49. The molecule has 0 radical (unpaired) electrons. The maximum Gasteiger partial charge on any atom is 0.223 e. The summed E-state index contributed by atoms with van der Waals surface area (Å²) in [6, 6.07) is 5.01. The Morgan fingerprint density at radius 1 is 1.32 bits per heavy atom. The predicted octanol–water partition coefficient (Wildman–Crippen LogP) is 4.10. The second-order valence-electron chi connectivity index (χ2n) is 7.50. The average molecular weight is 301 g/mol. The molecule has 2 bridgehead atoms. The van der Waals surface area contributed by atoms with Crippen LogP contribution >= 0.6 is 0 Å². The van der Waals surface area contributed by atoms with Gasteiger partial charge in [0.1, 0.15) is 5.82 Å². The Bertz CT molecular complexity index is 599. The second-order valence-corrected chi connectivity index (χ2v) is 7.50. The molecule has 22 heavy (non-hydrogen) atoms. The number of fused-ring (bicyclic) bond motifs is 3. The topological polar surface area (TPSA) is 20.3 Å². The van der Waals surface area contributed by atoms with Gasteiger partial charge in [0.2, 0.25) is 5.91 Å². The van der Waals surface area contributed by atoms with E-state index in [1.807, 2.05) is 17.9 Å². The molecule has 2 saturated carbocycles. The summed E-state index contributed by atoms with van der Waals surface area (Å²) in [5, 5.41) is 0. The molecular formula is C19H24FNO.